The van der Waals surface area contributed by atoms with Crippen LogP contribution in [0.25, 0.3) is 10.9 Å². The first-order valence-electron chi connectivity index (χ1n) is 8.76. The van der Waals surface area contributed by atoms with Crippen molar-refractivity contribution in [3.63, 3.8) is 0 Å². The van der Waals surface area contributed by atoms with Gasteiger partial charge in [-0.1, -0.05) is 18.2 Å². The number of nitrogens with zero attached hydrogens (tertiary/aromatic N) is 1. The highest BCUT2D eigenvalue weighted by molar-refractivity contribution is 5.84. The van der Waals surface area contributed by atoms with Crippen molar-refractivity contribution in [1.29, 1.82) is 0 Å². The van der Waals surface area contributed by atoms with Gasteiger partial charge in [-0.3, -0.25) is 0 Å². The number of fused-ring (bicyclic) bond motifs is 1. The van der Waals surface area contributed by atoms with Crippen molar-refractivity contribution in [2.75, 3.05) is 26.2 Å². The van der Waals surface area contributed by atoms with Crippen molar-refractivity contribution >= 4 is 10.9 Å². The minimum Gasteiger partial charge on any atom is -0.358 e. The van der Waals surface area contributed by atoms with Crippen LogP contribution in [0.1, 0.15) is 37.4 Å². The van der Waals surface area contributed by atoms with Crippen LogP contribution >= 0.6 is 0 Å². The fourth-order valence-electron chi connectivity index (χ4n) is 3.69. The average molecular weight is 299 g/mol. The fraction of sp³-hybridized carbons (Fsp3) is 0.579. The first-order valence-corrected chi connectivity index (χ1v) is 8.76. The molecule has 2 heterocycles. The molecule has 0 amide bonds. The minimum absolute atomic E-state index is 0.599. The number of likely N-dealkylation sites (tertiary alicyclic amines) is 1. The Kier molecular flexibility index (Phi) is 5.16. The van der Waals surface area contributed by atoms with E-state index in [1.807, 2.05) is 0 Å². The van der Waals surface area contributed by atoms with E-state index in [1.165, 1.54) is 61.1 Å². The van der Waals surface area contributed by atoms with Crippen molar-refractivity contribution in [1.82, 2.24) is 15.2 Å². The molecule has 0 spiro atoms. The Balaban J connectivity index is 1.45. The van der Waals surface area contributed by atoms with Crippen LogP contribution in [-0.4, -0.2) is 42.1 Å². The van der Waals surface area contributed by atoms with Gasteiger partial charge < -0.3 is 15.2 Å². The molecule has 0 radical (unpaired) electrons. The molecule has 3 rings (SSSR count). The van der Waals surface area contributed by atoms with E-state index < -0.39 is 0 Å². The molecule has 3 nitrogen and oxygen atoms in total. The molecule has 1 aromatic carbocycles. The second kappa shape index (κ2) is 7.30. The third-order valence-electron chi connectivity index (χ3n) is 4.85. The SMILES string of the molecule is Cc1[nH]c2ccccc2c1CCCNC(C)CN1CCCC1. The quantitative estimate of drug-likeness (QED) is 0.767. The van der Waals surface area contributed by atoms with Crippen LogP contribution in [0.15, 0.2) is 24.3 Å². The molecule has 1 unspecified atom stereocenters. The van der Waals surface area contributed by atoms with Gasteiger partial charge in [0.15, 0.2) is 0 Å². The Labute approximate surface area is 134 Å². The minimum atomic E-state index is 0.599. The number of benzene rings is 1. The number of H-pyrrole nitrogens is 1. The zero-order valence-electron chi connectivity index (χ0n) is 14.0. The smallest absolute Gasteiger partial charge is 0.0458 e. The van der Waals surface area contributed by atoms with E-state index in [9.17, 15) is 0 Å². The molecular weight excluding hydrogens is 270 g/mol. The molecule has 1 fully saturated rings. The first kappa shape index (κ1) is 15.6. The zero-order chi connectivity index (χ0) is 15.4. The monoisotopic (exact) mass is 299 g/mol. The molecule has 1 aliphatic heterocycles. The normalized spacial score (nSPS) is 17.4. The summed E-state index contributed by atoms with van der Waals surface area (Å²) in [5, 5.41) is 5.08. The summed E-state index contributed by atoms with van der Waals surface area (Å²) in [6, 6.07) is 9.24. The van der Waals surface area contributed by atoms with Gasteiger partial charge in [0.05, 0.1) is 0 Å². The maximum absolute atomic E-state index is 3.69. The van der Waals surface area contributed by atoms with Crippen LogP contribution in [0, 0.1) is 6.92 Å². The Morgan fingerprint density at radius 3 is 2.82 bits per heavy atom. The number of hydrogen-bond donors (Lipinski definition) is 2. The fourth-order valence-corrected chi connectivity index (χ4v) is 3.69. The van der Waals surface area contributed by atoms with E-state index in [0.29, 0.717) is 6.04 Å². The van der Waals surface area contributed by atoms with Gasteiger partial charge >= 0.3 is 0 Å². The van der Waals surface area contributed by atoms with E-state index in [1.54, 1.807) is 0 Å². The molecule has 120 valence electrons. The Hall–Kier alpha value is -1.32. The zero-order valence-corrected chi connectivity index (χ0v) is 14.0. The summed E-state index contributed by atoms with van der Waals surface area (Å²) < 4.78 is 0. The molecule has 0 saturated carbocycles. The standard InChI is InChI=1S/C19H29N3/c1-15(14-22-12-5-6-13-22)20-11-7-9-17-16(2)21-19-10-4-3-8-18(17)19/h3-4,8,10,15,20-21H,5-7,9,11-14H2,1-2H3. The molecule has 2 N–H and O–H groups in total. The number of aromatic amines is 1. The largest absolute Gasteiger partial charge is 0.358 e. The summed E-state index contributed by atoms with van der Waals surface area (Å²) in [6.45, 7) is 9.40. The van der Waals surface area contributed by atoms with Gasteiger partial charge in [0.2, 0.25) is 0 Å². The summed E-state index contributed by atoms with van der Waals surface area (Å²) in [5.74, 6) is 0. The van der Waals surface area contributed by atoms with Gasteiger partial charge in [0.1, 0.15) is 0 Å². The molecule has 0 bridgehead atoms. The highest BCUT2D eigenvalue weighted by Gasteiger charge is 2.14. The van der Waals surface area contributed by atoms with E-state index in [2.05, 4.69) is 53.3 Å². The van der Waals surface area contributed by atoms with Crippen molar-refractivity contribution in [3.8, 4) is 0 Å². The van der Waals surface area contributed by atoms with Crippen molar-refractivity contribution < 1.29 is 0 Å². The Morgan fingerprint density at radius 2 is 2.00 bits per heavy atom. The number of aromatic nitrogens is 1. The molecule has 1 saturated heterocycles. The van der Waals surface area contributed by atoms with Gasteiger partial charge in [-0.25, -0.2) is 0 Å². The van der Waals surface area contributed by atoms with Crippen LogP contribution in [0.3, 0.4) is 0 Å². The van der Waals surface area contributed by atoms with Gasteiger partial charge in [0.25, 0.3) is 0 Å². The summed E-state index contributed by atoms with van der Waals surface area (Å²) in [4.78, 5) is 6.08. The first-order chi connectivity index (χ1) is 10.7. The third kappa shape index (κ3) is 3.71. The number of aryl methyl sites for hydroxylation is 2. The maximum atomic E-state index is 3.69. The molecule has 0 aliphatic carbocycles. The second-order valence-corrected chi connectivity index (χ2v) is 6.74. The van der Waals surface area contributed by atoms with Crippen molar-refractivity contribution in [3.05, 3.63) is 35.5 Å². The molecular formula is C19H29N3. The van der Waals surface area contributed by atoms with Crippen molar-refractivity contribution in [2.24, 2.45) is 0 Å². The predicted octanol–water partition coefficient (Wildman–Crippen LogP) is 3.48. The summed E-state index contributed by atoms with van der Waals surface area (Å²) in [5.41, 5.74) is 4.08. The topological polar surface area (TPSA) is 31.1 Å². The number of hydrogen-bond acceptors (Lipinski definition) is 2. The highest BCUT2D eigenvalue weighted by Crippen LogP contribution is 2.22. The van der Waals surface area contributed by atoms with Gasteiger partial charge in [-0.15, -0.1) is 0 Å². The van der Waals surface area contributed by atoms with Crippen LogP contribution in [0.2, 0.25) is 0 Å². The molecule has 1 atom stereocenters. The van der Waals surface area contributed by atoms with Crippen LogP contribution in [0.4, 0.5) is 0 Å². The Bertz CT molecular complexity index is 596. The predicted molar refractivity (Wildman–Crippen MR) is 94.5 cm³/mol. The third-order valence-corrected chi connectivity index (χ3v) is 4.85. The van der Waals surface area contributed by atoms with Crippen LogP contribution < -0.4 is 5.32 Å². The number of nitrogens with one attached hydrogen (secondary N) is 2. The second-order valence-electron chi connectivity index (χ2n) is 6.74. The molecule has 1 aromatic heterocycles. The average Bonchev–Trinajstić information content (AvgIpc) is 3.11. The lowest BCUT2D eigenvalue weighted by molar-refractivity contribution is 0.299. The van der Waals surface area contributed by atoms with Crippen LogP contribution in [0.5, 0.6) is 0 Å². The van der Waals surface area contributed by atoms with Crippen LogP contribution in [-0.2, 0) is 6.42 Å². The number of rotatable bonds is 7. The molecule has 1 aliphatic rings. The van der Waals surface area contributed by atoms with Gasteiger partial charge in [-0.2, -0.15) is 0 Å². The number of para-hydroxylation sites is 1. The molecule has 2 aromatic rings. The van der Waals surface area contributed by atoms with E-state index in [-0.39, 0.29) is 0 Å². The Morgan fingerprint density at radius 1 is 1.23 bits per heavy atom. The summed E-state index contributed by atoms with van der Waals surface area (Å²) in [6.07, 6.45) is 5.12. The van der Waals surface area contributed by atoms with E-state index >= 15 is 0 Å². The van der Waals surface area contributed by atoms with E-state index in [0.717, 1.165) is 13.0 Å². The lowest BCUT2D eigenvalue weighted by Gasteiger charge is -2.21. The van der Waals surface area contributed by atoms with E-state index in [4.69, 9.17) is 0 Å². The van der Waals surface area contributed by atoms with Crippen molar-refractivity contribution in [2.45, 2.75) is 45.6 Å². The van der Waals surface area contributed by atoms with Gasteiger partial charge in [0, 0.05) is 29.2 Å². The highest BCUT2D eigenvalue weighted by atomic mass is 15.2. The summed E-state index contributed by atoms with van der Waals surface area (Å²) in [7, 11) is 0. The maximum Gasteiger partial charge on any atom is 0.0458 e. The lowest BCUT2D eigenvalue weighted by atomic mass is 10.1. The van der Waals surface area contributed by atoms with Gasteiger partial charge in [-0.05, 0) is 70.8 Å². The summed E-state index contributed by atoms with van der Waals surface area (Å²) >= 11 is 0. The molecule has 3 heteroatoms. The lowest BCUT2D eigenvalue weighted by Crippen LogP contribution is -2.38. The molecule has 22 heavy (non-hydrogen) atoms.